The predicted octanol–water partition coefficient (Wildman–Crippen LogP) is 2.83. The maximum Gasteiger partial charge on any atom is 0.416 e. The molecule has 1 aliphatic carbocycles. The van der Waals surface area contributed by atoms with Crippen LogP contribution >= 0.6 is 0 Å². The molecule has 10 heteroatoms. The molecular weight excluding hydrogens is 401 g/mol. The van der Waals surface area contributed by atoms with Gasteiger partial charge in [0.2, 0.25) is 0 Å². The van der Waals surface area contributed by atoms with Gasteiger partial charge in [-0.15, -0.1) is 0 Å². The number of carbonyl (C=O) groups excluding carboxylic acids is 2. The Hall–Kier alpha value is -3.01. The number of aliphatic hydroxyl groups is 1. The van der Waals surface area contributed by atoms with Gasteiger partial charge in [0.25, 0.3) is 11.8 Å². The largest absolute Gasteiger partial charge is 0.416 e. The number of benzene rings is 1. The first-order chi connectivity index (χ1) is 14.2. The maximum atomic E-state index is 13.3. The van der Waals surface area contributed by atoms with E-state index in [4.69, 9.17) is 0 Å². The minimum Gasteiger partial charge on any atom is -0.391 e. The van der Waals surface area contributed by atoms with E-state index in [1.165, 1.54) is 23.4 Å². The van der Waals surface area contributed by atoms with E-state index in [9.17, 15) is 27.9 Å². The molecule has 7 nitrogen and oxygen atoms in total. The molecule has 30 heavy (non-hydrogen) atoms. The molecular formula is C20H19F3N4O3. The summed E-state index contributed by atoms with van der Waals surface area (Å²) in [5.41, 5.74) is -1.32. The van der Waals surface area contributed by atoms with Gasteiger partial charge in [-0.2, -0.15) is 13.2 Å². The van der Waals surface area contributed by atoms with E-state index in [2.05, 4.69) is 15.3 Å². The van der Waals surface area contributed by atoms with Crippen molar-refractivity contribution in [3.8, 4) is 0 Å². The molecule has 0 spiro atoms. The van der Waals surface area contributed by atoms with Gasteiger partial charge in [-0.1, -0.05) is 0 Å². The Balaban J connectivity index is 1.58. The van der Waals surface area contributed by atoms with Crippen LogP contribution in [0.25, 0.3) is 0 Å². The molecule has 4 rings (SSSR count). The Morgan fingerprint density at radius 3 is 2.33 bits per heavy atom. The van der Waals surface area contributed by atoms with Gasteiger partial charge in [0.05, 0.1) is 17.2 Å². The Kier molecular flexibility index (Phi) is 5.19. The van der Waals surface area contributed by atoms with Crippen LogP contribution in [0.5, 0.6) is 0 Å². The summed E-state index contributed by atoms with van der Waals surface area (Å²) < 4.78 is 40.0. The van der Waals surface area contributed by atoms with Crippen LogP contribution < -0.4 is 5.32 Å². The summed E-state index contributed by atoms with van der Waals surface area (Å²) in [5, 5.41) is 12.0. The van der Waals surface area contributed by atoms with Crippen LogP contribution in [0, 0.1) is 0 Å². The first-order valence-electron chi connectivity index (χ1n) is 9.53. The average Bonchev–Trinajstić information content (AvgIpc) is 3.47. The fraction of sp³-hybridized carbons (Fsp3) is 0.400. The molecule has 2 fully saturated rings. The normalized spacial score (nSPS) is 19.1. The van der Waals surface area contributed by atoms with Crippen LogP contribution in [0.4, 0.5) is 18.9 Å². The summed E-state index contributed by atoms with van der Waals surface area (Å²) in [4.78, 5) is 34.6. The molecule has 1 unspecified atom stereocenters. The molecule has 1 atom stereocenters. The van der Waals surface area contributed by atoms with E-state index in [-0.39, 0.29) is 29.9 Å². The lowest BCUT2D eigenvalue weighted by atomic mass is 10.1. The van der Waals surface area contributed by atoms with Crippen molar-refractivity contribution in [1.82, 2.24) is 14.9 Å². The van der Waals surface area contributed by atoms with E-state index < -0.39 is 29.7 Å². The third-order valence-electron chi connectivity index (χ3n) is 5.09. The number of aromatic nitrogens is 2. The number of amides is 2. The summed E-state index contributed by atoms with van der Waals surface area (Å²) in [6, 6.07) is 2.71. The second-order valence-electron chi connectivity index (χ2n) is 7.55. The van der Waals surface area contributed by atoms with Crippen molar-refractivity contribution in [2.24, 2.45) is 0 Å². The molecule has 1 aromatic carbocycles. The second kappa shape index (κ2) is 7.67. The molecule has 1 saturated heterocycles. The summed E-state index contributed by atoms with van der Waals surface area (Å²) in [6.45, 7) is 0.310. The fourth-order valence-corrected chi connectivity index (χ4v) is 3.31. The number of halogens is 3. The summed E-state index contributed by atoms with van der Waals surface area (Å²) in [5.74, 6) is -0.355. The van der Waals surface area contributed by atoms with Crippen molar-refractivity contribution >= 4 is 17.5 Å². The molecule has 0 bridgehead atoms. The molecule has 0 radical (unpaired) electrons. The van der Waals surface area contributed by atoms with Gasteiger partial charge >= 0.3 is 6.18 Å². The third kappa shape index (κ3) is 4.43. The summed E-state index contributed by atoms with van der Waals surface area (Å²) in [7, 11) is 0. The van der Waals surface area contributed by atoms with Crippen LogP contribution in [-0.4, -0.2) is 51.0 Å². The number of rotatable bonds is 4. The number of likely N-dealkylation sites (tertiary alicyclic amines) is 1. The van der Waals surface area contributed by atoms with Gasteiger partial charge in [-0.3, -0.25) is 9.59 Å². The predicted molar refractivity (Wildman–Crippen MR) is 99.9 cm³/mol. The van der Waals surface area contributed by atoms with Crippen molar-refractivity contribution in [3.05, 3.63) is 53.1 Å². The van der Waals surface area contributed by atoms with Crippen LogP contribution in [-0.2, 0) is 6.18 Å². The average molecular weight is 420 g/mol. The SMILES string of the molecule is O=C(Nc1cc(C(=O)N2CCC(O)C2)cc(C(F)(F)F)c1)c1cnc(C2CC2)nc1. The van der Waals surface area contributed by atoms with Gasteiger partial charge in [-0.05, 0) is 37.5 Å². The number of nitrogens with zero attached hydrogens (tertiary/aromatic N) is 3. The highest BCUT2D eigenvalue weighted by molar-refractivity contribution is 6.05. The second-order valence-corrected chi connectivity index (χ2v) is 7.55. The first-order valence-corrected chi connectivity index (χ1v) is 9.53. The minimum absolute atomic E-state index is 0.0570. The number of aliphatic hydroxyl groups excluding tert-OH is 1. The van der Waals surface area contributed by atoms with Crippen LogP contribution in [0.3, 0.4) is 0 Å². The topological polar surface area (TPSA) is 95.4 Å². The lowest BCUT2D eigenvalue weighted by molar-refractivity contribution is -0.137. The van der Waals surface area contributed by atoms with E-state index >= 15 is 0 Å². The number of alkyl halides is 3. The number of carbonyl (C=O) groups is 2. The smallest absolute Gasteiger partial charge is 0.391 e. The number of hydrogen-bond donors (Lipinski definition) is 2. The molecule has 2 heterocycles. The summed E-state index contributed by atoms with van der Waals surface area (Å²) in [6.07, 6.45) is -0.359. The van der Waals surface area contributed by atoms with Gasteiger partial charge in [-0.25, -0.2) is 9.97 Å². The molecule has 2 aliphatic rings. The molecule has 2 N–H and O–H groups in total. The van der Waals surface area contributed by atoms with Gasteiger partial charge in [0.15, 0.2) is 0 Å². The van der Waals surface area contributed by atoms with E-state index in [1.807, 2.05) is 0 Å². The Morgan fingerprint density at radius 2 is 1.77 bits per heavy atom. The van der Waals surface area contributed by atoms with Crippen molar-refractivity contribution < 1.29 is 27.9 Å². The maximum absolute atomic E-state index is 13.3. The zero-order valence-corrected chi connectivity index (χ0v) is 15.8. The lowest BCUT2D eigenvalue weighted by Crippen LogP contribution is -2.30. The first kappa shape index (κ1) is 20.3. The molecule has 2 aromatic rings. The summed E-state index contributed by atoms with van der Waals surface area (Å²) >= 11 is 0. The highest BCUT2D eigenvalue weighted by Gasteiger charge is 2.33. The number of β-amino-alcohol motifs (C(OH)–C–C–N with tert-alkyl or cyclic N) is 1. The number of anilines is 1. The fourth-order valence-electron chi connectivity index (χ4n) is 3.31. The van der Waals surface area contributed by atoms with Crippen LogP contribution in [0.1, 0.15) is 57.3 Å². The quantitative estimate of drug-likeness (QED) is 0.793. The van der Waals surface area contributed by atoms with Crippen molar-refractivity contribution in [2.75, 3.05) is 18.4 Å². The van der Waals surface area contributed by atoms with E-state index in [0.29, 0.717) is 18.2 Å². The molecule has 158 valence electrons. The van der Waals surface area contributed by atoms with Gasteiger partial charge in [0, 0.05) is 42.7 Å². The van der Waals surface area contributed by atoms with Crippen LogP contribution in [0.2, 0.25) is 0 Å². The van der Waals surface area contributed by atoms with Gasteiger partial charge in [0.1, 0.15) is 5.82 Å². The van der Waals surface area contributed by atoms with Crippen LogP contribution in [0.15, 0.2) is 30.6 Å². The highest BCUT2D eigenvalue weighted by Crippen LogP contribution is 2.37. The Labute approximate surface area is 169 Å². The minimum atomic E-state index is -4.70. The van der Waals surface area contributed by atoms with Crippen molar-refractivity contribution in [2.45, 2.75) is 37.5 Å². The number of hydrogen-bond acceptors (Lipinski definition) is 5. The molecule has 1 aromatic heterocycles. The number of nitrogens with one attached hydrogen (secondary N) is 1. The lowest BCUT2D eigenvalue weighted by Gasteiger charge is -2.18. The van der Waals surface area contributed by atoms with Crippen molar-refractivity contribution in [3.63, 3.8) is 0 Å². The van der Waals surface area contributed by atoms with E-state index in [0.717, 1.165) is 25.0 Å². The van der Waals surface area contributed by atoms with Gasteiger partial charge < -0.3 is 15.3 Å². The third-order valence-corrected chi connectivity index (χ3v) is 5.09. The highest BCUT2D eigenvalue weighted by atomic mass is 19.4. The zero-order valence-electron chi connectivity index (χ0n) is 15.8. The Bertz CT molecular complexity index is 974. The zero-order chi connectivity index (χ0) is 21.5. The molecule has 2 amide bonds. The standard InChI is InChI=1S/C20H19F3N4O3/c21-20(22,23)14-5-12(19(30)27-4-3-16(28)10-27)6-15(7-14)26-18(29)13-8-24-17(25-9-13)11-1-2-11/h5-9,11,16,28H,1-4,10H2,(H,26,29). The molecule has 1 saturated carbocycles. The van der Waals surface area contributed by atoms with E-state index in [1.54, 1.807) is 0 Å². The molecule has 1 aliphatic heterocycles. The van der Waals surface area contributed by atoms with Crippen molar-refractivity contribution in [1.29, 1.82) is 0 Å². The monoisotopic (exact) mass is 420 g/mol. The Morgan fingerprint density at radius 1 is 1.07 bits per heavy atom.